The number of carbonyl (C=O) groups excluding carboxylic acids is 12. The van der Waals surface area contributed by atoms with Crippen LogP contribution in [0.3, 0.4) is 0 Å². The molecule has 1 aliphatic heterocycles. The van der Waals surface area contributed by atoms with Crippen molar-refractivity contribution in [3.63, 3.8) is 0 Å². The average molecular weight is 1910 g/mol. The number of rotatable bonds is 37. The molecule has 10 aromatic rings. The highest BCUT2D eigenvalue weighted by Crippen LogP contribution is 2.41. The number of unbranched alkanes of at least 4 members (excludes halogenated alkanes) is 9. The summed E-state index contributed by atoms with van der Waals surface area (Å²) in [5, 5.41) is 34.4. The van der Waals surface area contributed by atoms with E-state index in [9.17, 15) is 0 Å². The van der Waals surface area contributed by atoms with Crippen LogP contribution < -0.4 is 68.5 Å². The molecule has 0 unspecified atom stereocenters. The number of hydrogen-bond acceptors (Lipinski definition) is 15. The monoisotopic (exact) mass is 1910 g/mol. The molecule has 1 heterocycles. The fourth-order valence-corrected chi connectivity index (χ4v) is 17.3. The zero-order valence-corrected chi connectivity index (χ0v) is 82.4. The number of nitrogens with one attached hydrogen (secondary N) is 12. The van der Waals surface area contributed by atoms with Gasteiger partial charge in [0.25, 0.3) is 0 Å². The van der Waals surface area contributed by atoms with Crippen LogP contribution in [0.1, 0.15) is 215 Å². The summed E-state index contributed by atoms with van der Waals surface area (Å²) in [7, 11) is 0. The second-order valence-electron chi connectivity index (χ2n) is 38.7. The van der Waals surface area contributed by atoms with E-state index in [-0.39, 0.29) is 13.0 Å². The zero-order valence-electron chi connectivity index (χ0n) is 82.4. The Kier molecular flexibility index (Phi) is 39.1. The van der Waals surface area contributed by atoms with Gasteiger partial charge >= 0.3 is 0 Å². The Balaban J connectivity index is 1.06. The molecule has 0 radical (unpaired) electrons. The highest BCUT2D eigenvalue weighted by atomic mass is 16.5. The fraction of sp³-hybridized carbons (Fsp3) is 0.368. The molecule has 742 valence electrons. The van der Waals surface area contributed by atoms with Crippen molar-refractivity contribution in [1.29, 1.82) is 0 Å². The van der Waals surface area contributed by atoms with Gasteiger partial charge in [-0.1, -0.05) is 350 Å². The third-order valence-electron chi connectivity index (χ3n) is 24.3. The van der Waals surface area contributed by atoms with E-state index in [1.165, 1.54) is 6.42 Å². The summed E-state index contributed by atoms with van der Waals surface area (Å²) in [5.74, 6) is -11.9. The molecule has 1 saturated heterocycles. The standard InChI is InChI=1S/C114H136N12O15/c1-11-12-13-14-15-16-17-18-19-47-70-115-102(132)91-72-97(127)118-95(77-139-109(2,3)4)107(137)119-90(71-79-66-68-89(69-67-79)141-111(8,9)10)104(134)121-92(73-98(128)124-112(80-48-29-20-30-49-80,81-50-31-21-32-51-81)82-52-33-22-34-53-82)103(133)116-76-101(131)117-93(74-99(129)125-113(83-54-35-23-36-55-83,84-56-37-24-38-57-84)85-58-39-25-40-59-85)105(135)123-96(78-140-110(5,6)7)108(138)122-94(106(136)120-91)75-100(130)126-114(86-60-41-26-42-61-86,87-62-43-27-44-63-87)88-64-45-28-46-65-88/h20-46,48-69,90-96H,11-19,47,70-78H2,1-10H3,(H,115,132)(H,116,133)(H,117,131)(H,118,127)(H,119,137)(H,120,136)(H,121,134)(H,122,138)(H,123,135)(H,124,128)(H,125,129)(H,126,130)/t90-,91-,92-,93+,94+,95-,96+/m1/s1. The second kappa shape index (κ2) is 51.5. The molecule has 12 amide bonds. The van der Waals surface area contributed by atoms with Crippen LogP contribution in [-0.2, 0) is 90.0 Å². The minimum Gasteiger partial charge on any atom is -0.488 e. The van der Waals surface area contributed by atoms with Crippen LogP contribution in [0.5, 0.6) is 5.75 Å². The predicted molar refractivity (Wildman–Crippen MR) is 544 cm³/mol. The summed E-state index contributed by atoms with van der Waals surface area (Å²) >= 11 is 0. The predicted octanol–water partition coefficient (Wildman–Crippen LogP) is 13.5. The Morgan fingerprint density at radius 1 is 0.305 bits per heavy atom. The normalized spacial score (nSPS) is 17.7. The largest absolute Gasteiger partial charge is 0.488 e. The maximum atomic E-state index is 16.2. The van der Waals surface area contributed by atoms with Gasteiger partial charge in [0.05, 0.1) is 56.6 Å². The van der Waals surface area contributed by atoms with Gasteiger partial charge < -0.3 is 78.0 Å². The quantitative estimate of drug-likeness (QED) is 0.0127. The van der Waals surface area contributed by atoms with Crippen molar-refractivity contribution < 1.29 is 71.7 Å². The number of amides is 12. The molecule has 0 spiro atoms. The van der Waals surface area contributed by atoms with Gasteiger partial charge in [-0.3, -0.25) is 57.5 Å². The van der Waals surface area contributed by atoms with E-state index in [0.717, 1.165) is 44.9 Å². The Morgan fingerprint density at radius 2 is 0.582 bits per heavy atom. The summed E-state index contributed by atoms with van der Waals surface area (Å²) in [6.45, 7) is 15.7. The molecule has 0 aromatic heterocycles. The van der Waals surface area contributed by atoms with Crippen LogP contribution in [0, 0.1) is 0 Å². The van der Waals surface area contributed by atoms with E-state index >= 15 is 57.5 Å². The van der Waals surface area contributed by atoms with Gasteiger partial charge in [0.2, 0.25) is 70.9 Å². The highest BCUT2D eigenvalue weighted by Gasteiger charge is 2.45. The van der Waals surface area contributed by atoms with Crippen molar-refractivity contribution in [3.05, 3.63) is 353 Å². The van der Waals surface area contributed by atoms with Crippen LogP contribution in [0.4, 0.5) is 0 Å². The van der Waals surface area contributed by atoms with E-state index in [4.69, 9.17) is 14.2 Å². The first-order chi connectivity index (χ1) is 67.6. The third-order valence-corrected chi connectivity index (χ3v) is 24.3. The van der Waals surface area contributed by atoms with Crippen molar-refractivity contribution >= 4 is 70.9 Å². The van der Waals surface area contributed by atoms with E-state index in [2.05, 4.69) is 70.7 Å². The lowest BCUT2D eigenvalue weighted by Gasteiger charge is -2.37. The summed E-state index contributed by atoms with van der Waals surface area (Å²) in [4.78, 5) is 190. The molecule has 1 fully saturated rings. The number of benzene rings is 10. The first-order valence-electron chi connectivity index (χ1n) is 48.8. The Labute approximate surface area is 828 Å². The molecule has 27 heteroatoms. The van der Waals surface area contributed by atoms with Gasteiger partial charge in [0.1, 0.15) is 70.3 Å². The smallest absolute Gasteiger partial charge is 0.245 e. The second-order valence-corrected chi connectivity index (χ2v) is 38.7. The number of hydrogen-bond donors (Lipinski definition) is 12. The molecule has 1 aliphatic rings. The van der Waals surface area contributed by atoms with Gasteiger partial charge in [-0.25, -0.2) is 0 Å². The van der Waals surface area contributed by atoms with Crippen LogP contribution in [-0.4, -0.2) is 156 Å². The topological polar surface area (TPSA) is 377 Å². The molecule has 0 saturated carbocycles. The first kappa shape index (κ1) is 107. The Hall–Kier alpha value is -14.4. The summed E-state index contributed by atoms with van der Waals surface area (Å²) in [5.41, 5.74) is -1.59. The minimum atomic E-state index is -2.04. The van der Waals surface area contributed by atoms with Crippen molar-refractivity contribution in [1.82, 2.24) is 63.8 Å². The van der Waals surface area contributed by atoms with Crippen molar-refractivity contribution in [2.45, 2.75) is 241 Å². The third kappa shape index (κ3) is 31.3. The van der Waals surface area contributed by atoms with Gasteiger partial charge in [0.15, 0.2) is 0 Å². The van der Waals surface area contributed by atoms with Crippen LogP contribution in [0.2, 0.25) is 0 Å². The van der Waals surface area contributed by atoms with E-state index in [1.807, 2.05) is 221 Å². The molecule has 11 rings (SSSR count). The summed E-state index contributed by atoms with van der Waals surface area (Å²) < 4.78 is 18.8. The Bertz CT molecular complexity index is 5450. The van der Waals surface area contributed by atoms with Crippen molar-refractivity contribution in [2.24, 2.45) is 0 Å². The molecule has 10 aromatic carbocycles. The van der Waals surface area contributed by atoms with Crippen molar-refractivity contribution in [2.75, 3.05) is 26.3 Å². The number of ether oxygens (including phenoxy) is 3. The van der Waals surface area contributed by atoms with Crippen LogP contribution >= 0.6 is 0 Å². The molecule has 0 aliphatic carbocycles. The maximum absolute atomic E-state index is 16.2. The zero-order chi connectivity index (χ0) is 101. The highest BCUT2D eigenvalue weighted by molar-refractivity contribution is 6.02. The lowest BCUT2D eigenvalue weighted by Crippen LogP contribution is -2.61. The molecular formula is C114H136N12O15. The fourth-order valence-electron chi connectivity index (χ4n) is 17.3. The molecule has 27 nitrogen and oxygen atoms in total. The lowest BCUT2D eigenvalue weighted by molar-refractivity contribution is -0.139. The van der Waals surface area contributed by atoms with E-state index in [0.29, 0.717) is 74.2 Å². The average Bonchev–Trinajstić information content (AvgIpc) is 0.760. The first-order valence-corrected chi connectivity index (χ1v) is 48.8. The van der Waals surface area contributed by atoms with Crippen LogP contribution in [0.25, 0.3) is 0 Å². The molecule has 7 atom stereocenters. The van der Waals surface area contributed by atoms with Crippen molar-refractivity contribution in [3.8, 4) is 5.75 Å². The molecular weight excluding hydrogens is 1780 g/mol. The SMILES string of the molecule is CCCCCCCCCCCCNC(=O)[C@H]1CC(=O)N[C@H](COC(C)(C)C)C(=O)N[C@H](Cc2ccc(OC(C)(C)C)cc2)C(=O)N[C@H](CC(=O)NC(c2ccccc2)(c2ccccc2)c2ccccc2)C(=O)NCC(=O)N[C@@H](CC(=O)NC(c2ccccc2)(c2ccccc2)c2ccccc2)C(=O)N[C@@H](COC(C)(C)C)C(=O)N[C@@H](CC(=O)NC(c2ccccc2)(c2ccccc2)c2ccccc2)C(=O)N1. The van der Waals surface area contributed by atoms with Gasteiger partial charge in [0, 0.05) is 13.0 Å². The van der Waals surface area contributed by atoms with Gasteiger partial charge in [-0.15, -0.1) is 0 Å². The number of carbonyl (C=O) groups is 12. The maximum Gasteiger partial charge on any atom is 0.245 e. The van der Waals surface area contributed by atoms with Gasteiger partial charge in [-0.05, 0) is 137 Å². The lowest BCUT2D eigenvalue weighted by atomic mass is 9.77. The van der Waals surface area contributed by atoms with Crippen LogP contribution in [0.15, 0.2) is 297 Å². The molecule has 0 bridgehead atoms. The Morgan fingerprint density at radius 3 is 0.915 bits per heavy atom. The molecule has 12 N–H and O–H groups in total. The molecule has 141 heavy (non-hydrogen) atoms. The minimum absolute atomic E-state index is 0.0714. The summed E-state index contributed by atoms with van der Waals surface area (Å²) in [6.07, 6.45) is 5.78. The van der Waals surface area contributed by atoms with Gasteiger partial charge in [-0.2, -0.15) is 0 Å². The van der Waals surface area contributed by atoms with E-state index < -0.39 is 192 Å². The summed E-state index contributed by atoms with van der Waals surface area (Å²) in [6, 6.07) is 75.1. The van der Waals surface area contributed by atoms with E-state index in [1.54, 1.807) is 139 Å².